The number of hydrogen-bond donors (Lipinski definition) is 0. The SMILES string of the molecule is CC1(C)C2CCCCC2C2CCC(c3nnc(C4CCC5C(C4)C4CCCCC4N5CCCl)o3)CC21. The first-order valence-corrected chi connectivity index (χ1v) is 16.2. The molecule has 6 aliphatic rings. The van der Waals surface area contributed by atoms with E-state index in [4.69, 9.17) is 26.2 Å². The first-order valence-electron chi connectivity index (χ1n) is 15.7. The zero-order valence-corrected chi connectivity index (χ0v) is 23.5. The minimum atomic E-state index is 0.466. The molecule has 1 aromatic heterocycles. The summed E-state index contributed by atoms with van der Waals surface area (Å²) in [6.45, 7) is 6.25. The van der Waals surface area contributed by atoms with Gasteiger partial charge in [0.2, 0.25) is 11.8 Å². The van der Waals surface area contributed by atoms with Crippen LogP contribution in [0.15, 0.2) is 4.42 Å². The predicted octanol–water partition coefficient (Wildman–Crippen LogP) is 7.78. The lowest BCUT2D eigenvalue weighted by Crippen LogP contribution is -2.41. The van der Waals surface area contributed by atoms with Gasteiger partial charge >= 0.3 is 0 Å². The third-order valence-electron chi connectivity index (χ3n) is 12.7. The third-order valence-corrected chi connectivity index (χ3v) is 12.9. The molecule has 36 heavy (non-hydrogen) atoms. The maximum absolute atomic E-state index is 6.60. The van der Waals surface area contributed by atoms with E-state index in [2.05, 4.69) is 18.7 Å². The van der Waals surface area contributed by atoms with Crippen LogP contribution >= 0.6 is 11.6 Å². The monoisotopic (exact) mass is 513 g/mol. The molecule has 200 valence electrons. The van der Waals surface area contributed by atoms with Crippen LogP contribution in [0.3, 0.4) is 0 Å². The number of rotatable bonds is 4. The van der Waals surface area contributed by atoms with Crippen molar-refractivity contribution in [2.75, 3.05) is 12.4 Å². The van der Waals surface area contributed by atoms with Gasteiger partial charge in [0.25, 0.3) is 0 Å². The molecule has 4 nitrogen and oxygen atoms in total. The average Bonchev–Trinajstić information content (AvgIpc) is 3.58. The van der Waals surface area contributed by atoms with Crippen LogP contribution in [-0.4, -0.2) is 39.6 Å². The highest BCUT2D eigenvalue weighted by molar-refractivity contribution is 6.18. The van der Waals surface area contributed by atoms with Crippen LogP contribution in [0.5, 0.6) is 0 Å². The lowest BCUT2D eigenvalue weighted by atomic mass is 9.66. The molecule has 0 bridgehead atoms. The molecular weight excluding hydrogens is 466 g/mol. The largest absolute Gasteiger partial charge is 0.425 e. The summed E-state index contributed by atoms with van der Waals surface area (Å²) in [7, 11) is 0. The quantitative estimate of drug-likeness (QED) is 0.385. The molecule has 5 heteroatoms. The van der Waals surface area contributed by atoms with Gasteiger partial charge in [-0.1, -0.05) is 39.5 Å². The van der Waals surface area contributed by atoms with Crippen molar-refractivity contribution in [3.05, 3.63) is 11.8 Å². The van der Waals surface area contributed by atoms with E-state index in [1.54, 1.807) is 0 Å². The molecule has 2 heterocycles. The summed E-state index contributed by atoms with van der Waals surface area (Å²) in [5.41, 5.74) is 0.476. The second-order valence-corrected chi connectivity index (χ2v) is 14.7. The van der Waals surface area contributed by atoms with E-state index in [1.807, 2.05) is 0 Å². The summed E-state index contributed by atoms with van der Waals surface area (Å²) >= 11 is 6.26. The fraction of sp³-hybridized carbons (Fsp3) is 0.935. The molecule has 0 amide bonds. The minimum absolute atomic E-state index is 0.466. The summed E-state index contributed by atoms with van der Waals surface area (Å²) in [6, 6.07) is 1.51. The van der Waals surface area contributed by atoms with Crippen LogP contribution in [0.1, 0.15) is 127 Å². The van der Waals surface area contributed by atoms with Crippen molar-refractivity contribution < 1.29 is 4.42 Å². The van der Waals surface area contributed by atoms with Crippen LogP contribution in [0.4, 0.5) is 0 Å². The maximum atomic E-state index is 6.60. The maximum Gasteiger partial charge on any atom is 0.219 e. The van der Waals surface area contributed by atoms with Crippen molar-refractivity contribution in [3.8, 4) is 0 Å². The number of nitrogens with zero attached hydrogens (tertiary/aromatic N) is 3. The molecular formula is C31H48ClN3O. The standard InChI is InChI=1S/C31H48ClN3O/c1-31(2)25-9-5-3-7-21(25)22-13-11-20(18-26(22)31)30-34-33-29(36-30)19-12-14-28-24(17-19)23-8-4-6-10-27(23)35(28)16-15-32/h19-28H,3-18H2,1-2H3. The number of hydrogen-bond acceptors (Lipinski definition) is 4. The Bertz CT molecular complexity index is 931. The lowest BCUT2D eigenvalue weighted by molar-refractivity contribution is 0.111. The Balaban J connectivity index is 1.05. The fourth-order valence-corrected chi connectivity index (χ4v) is 11.4. The number of aromatic nitrogens is 2. The lowest BCUT2D eigenvalue weighted by Gasteiger charge is -2.39. The van der Waals surface area contributed by atoms with Gasteiger partial charge in [-0.2, -0.15) is 0 Å². The van der Waals surface area contributed by atoms with E-state index in [0.717, 1.165) is 71.8 Å². The molecule has 0 aromatic carbocycles. The molecule has 1 aromatic rings. The van der Waals surface area contributed by atoms with Gasteiger partial charge in [0.15, 0.2) is 0 Å². The molecule has 6 fully saturated rings. The van der Waals surface area contributed by atoms with Crippen molar-refractivity contribution in [2.45, 2.75) is 128 Å². The smallest absolute Gasteiger partial charge is 0.219 e. The van der Waals surface area contributed by atoms with Gasteiger partial charge in [-0.3, -0.25) is 4.90 Å². The zero-order valence-electron chi connectivity index (χ0n) is 22.7. The molecule has 0 N–H and O–H groups in total. The van der Waals surface area contributed by atoms with E-state index < -0.39 is 0 Å². The van der Waals surface area contributed by atoms with E-state index in [-0.39, 0.29) is 0 Å². The van der Waals surface area contributed by atoms with Gasteiger partial charge in [0.05, 0.1) is 0 Å². The normalized spacial score (nSPS) is 46.1. The fourth-order valence-electron chi connectivity index (χ4n) is 11.2. The van der Waals surface area contributed by atoms with Crippen molar-refractivity contribution >= 4 is 11.6 Å². The third kappa shape index (κ3) is 3.85. The van der Waals surface area contributed by atoms with Crippen molar-refractivity contribution in [2.24, 2.45) is 40.9 Å². The van der Waals surface area contributed by atoms with Gasteiger partial charge in [0.1, 0.15) is 0 Å². The topological polar surface area (TPSA) is 42.2 Å². The van der Waals surface area contributed by atoms with E-state index >= 15 is 0 Å². The van der Waals surface area contributed by atoms with Gasteiger partial charge in [-0.15, -0.1) is 21.8 Å². The molecule has 7 rings (SSSR count). The highest BCUT2D eigenvalue weighted by Gasteiger charge is 2.57. The Morgan fingerprint density at radius 1 is 0.722 bits per heavy atom. The Morgan fingerprint density at radius 3 is 2.17 bits per heavy atom. The highest BCUT2D eigenvalue weighted by Crippen LogP contribution is 2.64. The molecule has 10 atom stereocenters. The summed E-state index contributed by atoms with van der Waals surface area (Å²) in [5.74, 6) is 9.03. The average molecular weight is 514 g/mol. The van der Waals surface area contributed by atoms with E-state index in [1.165, 1.54) is 89.9 Å². The summed E-state index contributed by atoms with van der Waals surface area (Å²) in [4.78, 5) is 2.82. The van der Waals surface area contributed by atoms with Gasteiger partial charge in [-0.05, 0) is 105 Å². The molecule has 0 spiro atoms. The first kappa shape index (κ1) is 24.4. The Kier molecular flexibility index (Phi) is 6.48. The van der Waals surface area contributed by atoms with Crippen LogP contribution in [0, 0.1) is 40.9 Å². The second kappa shape index (κ2) is 9.54. The molecule has 10 unspecified atom stereocenters. The molecule has 1 aliphatic heterocycles. The van der Waals surface area contributed by atoms with Crippen LogP contribution in [0.25, 0.3) is 0 Å². The number of likely N-dealkylation sites (tertiary alicyclic amines) is 1. The molecule has 1 saturated heterocycles. The number of alkyl halides is 1. The van der Waals surface area contributed by atoms with Gasteiger partial charge < -0.3 is 4.42 Å². The summed E-state index contributed by atoms with van der Waals surface area (Å²) < 4.78 is 6.60. The second-order valence-electron chi connectivity index (χ2n) is 14.3. The van der Waals surface area contributed by atoms with Crippen molar-refractivity contribution in [3.63, 3.8) is 0 Å². The molecule has 5 saturated carbocycles. The Hall–Kier alpha value is -0.610. The Labute approximate surface area is 223 Å². The summed E-state index contributed by atoms with van der Waals surface area (Å²) in [5, 5.41) is 9.47. The number of fused-ring (bicyclic) bond motifs is 6. The highest BCUT2D eigenvalue weighted by atomic mass is 35.5. The minimum Gasteiger partial charge on any atom is -0.425 e. The van der Waals surface area contributed by atoms with E-state index in [9.17, 15) is 0 Å². The predicted molar refractivity (Wildman–Crippen MR) is 144 cm³/mol. The van der Waals surface area contributed by atoms with E-state index in [0.29, 0.717) is 17.3 Å². The van der Waals surface area contributed by atoms with Gasteiger partial charge in [-0.25, -0.2) is 0 Å². The molecule has 0 radical (unpaired) electrons. The van der Waals surface area contributed by atoms with Crippen molar-refractivity contribution in [1.29, 1.82) is 0 Å². The van der Waals surface area contributed by atoms with Crippen LogP contribution in [0.2, 0.25) is 0 Å². The summed E-state index contributed by atoms with van der Waals surface area (Å²) in [6.07, 6.45) is 19.1. The molecule has 5 aliphatic carbocycles. The number of halogens is 1. The van der Waals surface area contributed by atoms with Gasteiger partial charge in [0, 0.05) is 36.3 Å². The van der Waals surface area contributed by atoms with Crippen LogP contribution < -0.4 is 0 Å². The zero-order chi connectivity index (χ0) is 24.4. The first-order chi connectivity index (χ1) is 17.6. The Morgan fingerprint density at radius 2 is 1.36 bits per heavy atom. The van der Waals surface area contributed by atoms with Crippen molar-refractivity contribution in [1.82, 2.24) is 15.1 Å². The van der Waals surface area contributed by atoms with Crippen LogP contribution in [-0.2, 0) is 0 Å².